The van der Waals surface area contributed by atoms with Crippen LogP contribution in [0.2, 0.25) is 0 Å². The summed E-state index contributed by atoms with van der Waals surface area (Å²) in [4.78, 5) is 37.3. The first kappa shape index (κ1) is 23.1. The highest BCUT2D eigenvalue weighted by Crippen LogP contribution is 2.27. The number of nitrogens with two attached hydrogens (primary N) is 1. The van der Waals surface area contributed by atoms with Crippen LogP contribution < -0.4 is 5.73 Å². The Labute approximate surface area is 164 Å². The molecular formula is C12H8ClN5O10S. The van der Waals surface area contributed by atoms with E-state index in [2.05, 4.69) is 0 Å². The predicted molar refractivity (Wildman–Crippen MR) is 97.0 cm³/mol. The number of hydrogen-bond acceptors (Lipinski definition) is 11. The number of nitro benzene ring substituents is 4. The van der Waals surface area contributed by atoms with E-state index in [9.17, 15) is 48.9 Å². The normalized spacial score (nSPS) is 10.4. The van der Waals surface area contributed by atoms with Crippen molar-refractivity contribution in [2.75, 3.05) is 5.73 Å². The largest absolute Gasteiger partial charge is 0.398 e. The van der Waals surface area contributed by atoms with Crippen LogP contribution in [0.1, 0.15) is 0 Å². The Bertz CT molecular complexity index is 1060. The van der Waals surface area contributed by atoms with E-state index in [0.29, 0.717) is 18.2 Å². The maximum absolute atomic E-state index is 10.9. The molecule has 0 aromatic heterocycles. The predicted octanol–water partition coefficient (Wildman–Crippen LogP) is 2.52. The average Bonchev–Trinajstić information content (AvgIpc) is 2.60. The molecule has 2 N–H and O–H groups in total. The van der Waals surface area contributed by atoms with Crippen molar-refractivity contribution < 1.29 is 28.1 Å². The van der Waals surface area contributed by atoms with Crippen molar-refractivity contribution in [2.45, 2.75) is 4.90 Å². The van der Waals surface area contributed by atoms with Gasteiger partial charge in [0.05, 0.1) is 36.7 Å². The van der Waals surface area contributed by atoms with E-state index in [1.807, 2.05) is 0 Å². The topological polar surface area (TPSA) is 233 Å². The Morgan fingerprint density at radius 2 is 0.931 bits per heavy atom. The number of nitrogens with zero attached hydrogens (tertiary/aromatic N) is 4. The molecule has 0 aliphatic carbocycles. The van der Waals surface area contributed by atoms with Gasteiger partial charge in [-0.25, -0.2) is 8.42 Å². The lowest BCUT2D eigenvalue weighted by molar-refractivity contribution is -0.394. The van der Waals surface area contributed by atoms with E-state index < -0.39 is 45.0 Å². The van der Waals surface area contributed by atoms with E-state index in [1.165, 1.54) is 0 Å². The van der Waals surface area contributed by atoms with Crippen molar-refractivity contribution in [1.29, 1.82) is 0 Å². The summed E-state index contributed by atoms with van der Waals surface area (Å²) in [6.45, 7) is 0. The minimum absolute atomic E-state index is 0.000833. The first-order chi connectivity index (χ1) is 13.2. The van der Waals surface area contributed by atoms with Crippen molar-refractivity contribution >= 4 is 48.2 Å². The van der Waals surface area contributed by atoms with Gasteiger partial charge < -0.3 is 5.73 Å². The Hall–Kier alpha value is -3.92. The first-order valence-electron chi connectivity index (χ1n) is 6.80. The molecule has 0 aliphatic heterocycles. The highest BCUT2D eigenvalue weighted by molar-refractivity contribution is 8.13. The van der Waals surface area contributed by atoms with Crippen molar-refractivity contribution in [1.82, 2.24) is 0 Å². The van der Waals surface area contributed by atoms with Gasteiger partial charge in [0.25, 0.3) is 31.8 Å². The fourth-order valence-electron chi connectivity index (χ4n) is 1.75. The zero-order valence-corrected chi connectivity index (χ0v) is 15.3. The summed E-state index contributed by atoms with van der Waals surface area (Å²) >= 11 is 0. The smallest absolute Gasteiger partial charge is 0.278 e. The van der Waals surface area contributed by atoms with Crippen LogP contribution in [-0.2, 0) is 9.05 Å². The molecule has 0 radical (unpaired) electrons. The minimum atomic E-state index is -4.25. The van der Waals surface area contributed by atoms with E-state index in [1.54, 1.807) is 0 Å². The third kappa shape index (κ3) is 6.63. The monoisotopic (exact) mass is 449 g/mol. The van der Waals surface area contributed by atoms with Gasteiger partial charge in [0.15, 0.2) is 0 Å². The summed E-state index contributed by atoms with van der Waals surface area (Å²) in [6.07, 6.45) is 0. The third-order valence-electron chi connectivity index (χ3n) is 2.93. The molecule has 0 heterocycles. The van der Waals surface area contributed by atoms with Crippen LogP contribution in [0.15, 0.2) is 41.3 Å². The number of anilines is 1. The van der Waals surface area contributed by atoms with Gasteiger partial charge in [-0.05, 0) is 0 Å². The van der Waals surface area contributed by atoms with Crippen LogP contribution in [0.4, 0.5) is 28.4 Å². The molecule has 154 valence electrons. The lowest BCUT2D eigenvalue weighted by atomic mass is 10.2. The number of halogens is 1. The number of benzene rings is 2. The van der Waals surface area contributed by atoms with Gasteiger partial charge in [-0.15, -0.1) is 0 Å². The minimum Gasteiger partial charge on any atom is -0.398 e. The molecule has 0 bridgehead atoms. The van der Waals surface area contributed by atoms with Crippen molar-refractivity contribution in [2.24, 2.45) is 0 Å². The number of nitro groups is 4. The molecule has 0 aliphatic rings. The SMILES string of the molecule is Nc1cc([N+](=O)[O-])cc([N+](=O)[O-])c1.O=[N+]([O-])c1cc([N+](=O)[O-])cc(S(=O)(=O)Cl)c1. The highest BCUT2D eigenvalue weighted by atomic mass is 35.7. The molecule has 0 unspecified atom stereocenters. The molecule has 0 saturated carbocycles. The van der Waals surface area contributed by atoms with Gasteiger partial charge in [0.2, 0.25) is 0 Å². The van der Waals surface area contributed by atoms with Crippen molar-refractivity contribution in [3.05, 3.63) is 76.9 Å². The summed E-state index contributed by atoms with van der Waals surface area (Å²) in [5.74, 6) is 0. The quantitative estimate of drug-likeness (QED) is 0.301. The molecule has 0 spiro atoms. The zero-order valence-electron chi connectivity index (χ0n) is 13.7. The lowest BCUT2D eigenvalue weighted by Gasteiger charge is -1.97. The molecule has 17 heteroatoms. The fourth-order valence-corrected chi connectivity index (χ4v) is 2.54. The van der Waals surface area contributed by atoms with E-state index in [4.69, 9.17) is 16.4 Å². The van der Waals surface area contributed by atoms with Gasteiger partial charge in [0, 0.05) is 40.6 Å². The first-order valence-corrected chi connectivity index (χ1v) is 9.11. The molecule has 0 fully saturated rings. The summed E-state index contributed by atoms with van der Waals surface area (Å²) in [5, 5.41) is 41.3. The molecule has 2 aromatic carbocycles. The summed E-state index contributed by atoms with van der Waals surface area (Å²) in [5.41, 5.74) is 3.03. The van der Waals surface area contributed by atoms with Crippen LogP contribution in [0.25, 0.3) is 0 Å². The number of non-ortho nitro benzene ring substituents is 4. The lowest BCUT2D eigenvalue weighted by Crippen LogP contribution is -1.97. The van der Waals surface area contributed by atoms with E-state index >= 15 is 0 Å². The van der Waals surface area contributed by atoms with Crippen molar-refractivity contribution in [3.63, 3.8) is 0 Å². The van der Waals surface area contributed by atoms with Crippen LogP contribution >= 0.6 is 10.7 Å². The fraction of sp³-hybridized carbons (Fsp3) is 0. The standard InChI is InChI=1S/C6H3ClN2O6S.C6H5N3O4/c7-16(14,15)6-2-4(8(10)11)1-5(3-6)9(12)13;7-4-1-5(8(10)11)3-6(2-4)9(12)13/h1-3H;1-3H,7H2. The Morgan fingerprint density at radius 1 is 0.655 bits per heavy atom. The van der Waals surface area contributed by atoms with Gasteiger partial charge in [-0.3, -0.25) is 40.5 Å². The summed E-state index contributed by atoms with van der Waals surface area (Å²) in [6, 6.07) is 4.92. The van der Waals surface area contributed by atoms with E-state index in [-0.39, 0.29) is 17.1 Å². The summed E-state index contributed by atoms with van der Waals surface area (Å²) in [7, 11) is 0.687. The van der Waals surface area contributed by atoms with Gasteiger partial charge in [0.1, 0.15) is 0 Å². The Morgan fingerprint density at radius 3 is 1.17 bits per heavy atom. The molecule has 0 atom stereocenters. The molecular weight excluding hydrogens is 442 g/mol. The molecule has 2 aromatic rings. The molecule has 2 rings (SSSR count). The maximum atomic E-state index is 10.9. The van der Waals surface area contributed by atoms with E-state index in [0.717, 1.165) is 18.2 Å². The third-order valence-corrected chi connectivity index (χ3v) is 4.26. The molecule has 0 saturated heterocycles. The second kappa shape index (κ2) is 8.85. The number of hydrogen-bond donors (Lipinski definition) is 1. The number of rotatable bonds is 5. The Kier molecular flexibility index (Phi) is 7.05. The second-order valence-corrected chi connectivity index (χ2v) is 7.50. The average molecular weight is 450 g/mol. The van der Waals surface area contributed by atoms with Gasteiger partial charge in [-0.2, -0.15) is 0 Å². The molecule has 15 nitrogen and oxygen atoms in total. The highest BCUT2D eigenvalue weighted by Gasteiger charge is 2.22. The Balaban J connectivity index is 0.000000296. The van der Waals surface area contributed by atoms with Crippen molar-refractivity contribution in [3.8, 4) is 0 Å². The second-order valence-electron chi connectivity index (χ2n) is 4.93. The zero-order chi connectivity index (χ0) is 22.5. The summed E-state index contributed by atoms with van der Waals surface area (Å²) < 4.78 is 21.8. The van der Waals surface area contributed by atoms with Gasteiger partial charge >= 0.3 is 0 Å². The van der Waals surface area contributed by atoms with Crippen LogP contribution in [-0.4, -0.2) is 28.1 Å². The number of nitrogen functional groups attached to an aromatic ring is 1. The van der Waals surface area contributed by atoms with Crippen LogP contribution in [0.5, 0.6) is 0 Å². The molecule has 0 amide bonds. The van der Waals surface area contributed by atoms with Crippen LogP contribution in [0, 0.1) is 40.5 Å². The molecule has 29 heavy (non-hydrogen) atoms. The maximum Gasteiger partial charge on any atom is 0.278 e. The van der Waals surface area contributed by atoms with Crippen LogP contribution in [0.3, 0.4) is 0 Å². The van der Waals surface area contributed by atoms with Gasteiger partial charge in [-0.1, -0.05) is 0 Å².